The molecule has 0 aliphatic rings. The van der Waals surface area contributed by atoms with Gasteiger partial charge < -0.3 is 5.11 Å². The first-order valence-electron chi connectivity index (χ1n) is 2.08. The fourth-order valence-electron chi connectivity index (χ4n) is 0.223. The van der Waals surface area contributed by atoms with Gasteiger partial charge in [0.1, 0.15) is 0 Å². The van der Waals surface area contributed by atoms with Crippen molar-refractivity contribution >= 4 is 11.8 Å². The van der Waals surface area contributed by atoms with Gasteiger partial charge in [-0.1, -0.05) is 6.08 Å². The van der Waals surface area contributed by atoms with E-state index >= 15 is 0 Å². The lowest BCUT2D eigenvalue weighted by atomic mass is 10.4. The van der Waals surface area contributed by atoms with E-state index in [1.165, 1.54) is 6.08 Å². The van der Waals surface area contributed by atoms with Gasteiger partial charge in [-0.3, -0.25) is 4.79 Å². The zero-order valence-electron chi connectivity index (χ0n) is 4.42. The second kappa shape index (κ2) is 2.96. The number of carboxylic acids is 1. The molecule has 0 rings (SSSR count). The number of hydrogen-bond donors (Lipinski definition) is 1. The van der Waals surface area contributed by atoms with E-state index in [0.29, 0.717) is 0 Å². The Kier molecular flexibility index (Phi) is 2.54. The van der Waals surface area contributed by atoms with Crippen LogP contribution in [-0.4, -0.2) is 16.9 Å². The van der Waals surface area contributed by atoms with Crippen LogP contribution in [0.25, 0.3) is 0 Å². The molecule has 0 spiro atoms. The summed E-state index contributed by atoms with van der Waals surface area (Å²) in [7, 11) is 0. The average molecular weight is 114 g/mol. The van der Waals surface area contributed by atoms with Gasteiger partial charge in [0.05, 0.1) is 0 Å². The van der Waals surface area contributed by atoms with Gasteiger partial charge in [0, 0.05) is 0 Å². The molecule has 0 aromatic heterocycles. The van der Waals surface area contributed by atoms with Crippen LogP contribution in [0.5, 0.6) is 0 Å². The molecular weight excluding hydrogens is 108 g/mol. The second-order valence-electron chi connectivity index (χ2n) is 1.17. The molecule has 0 heterocycles. The summed E-state index contributed by atoms with van der Waals surface area (Å²) in [5, 5.41) is 7.91. The van der Waals surface area contributed by atoms with Crippen molar-refractivity contribution in [3.05, 3.63) is 12.2 Å². The van der Waals surface area contributed by atoms with E-state index in [2.05, 4.69) is 0 Å². The first-order valence-corrected chi connectivity index (χ1v) is 2.08. The zero-order valence-corrected chi connectivity index (χ0v) is 4.42. The van der Waals surface area contributed by atoms with Crippen molar-refractivity contribution in [2.45, 2.75) is 6.92 Å². The standard InChI is InChI=1S/C5H6O3/c1-2-3-4(6)5(7)8/h2-3H,1H3,(H,7,8)/b3-2+. The molecule has 0 radical (unpaired) electrons. The van der Waals surface area contributed by atoms with Crippen LogP contribution in [-0.2, 0) is 9.59 Å². The minimum Gasteiger partial charge on any atom is -0.475 e. The van der Waals surface area contributed by atoms with Crippen molar-refractivity contribution in [2.24, 2.45) is 0 Å². The molecule has 0 atom stereocenters. The molecule has 0 aliphatic carbocycles. The lowest BCUT2D eigenvalue weighted by Crippen LogP contribution is -2.07. The molecule has 0 unspecified atom stereocenters. The normalized spacial score (nSPS) is 9.62. The molecular formula is C5H6O3. The lowest BCUT2D eigenvalue weighted by Gasteiger charge is -1.78. The van der Waals surface area contributed by atoms with Crippen LogP contribution in [0.2, 0.25) is 0 Å². The SMILES string of the molecule is C/C=C/C(=O)C(=O)O. The largest absolute Gasteiger partial charge is 0.475 e. The molecule has 0 aromatic carbocycles. The molecule has 0 saturated heterocycles. The maximum Gasteiger partial charge on any atom is 0.376 e. The van der Waals surface area contributed by atoms with Gasteiger partial charge in [0.2, 0.25) is 0 Å². The molecule has 1 N–H and O–H groups in total. The van der Waals surface area contributed by atoms with Crippen LogP contribution >= 0.6 is 0 Å². The average Bonchev–Trinajstić information content (AvgIpc) is 1.67. The van der Waals surface area contributed by atoms with E-state index in [4.69, 9.17) is 5.11 Å². The Hall–Kier alpha value is -1.12. The van der Waals surface area contributed by atoms with Crippen molar-refractivity contribution < 1.29 is 14.7 Å². The summed E-state index contributed by atoms with van der Waals surface area (Å²) in [5.74, 6) is -2.30. The molecule has 0 fully saturated rings. The van der Waals surface area contributed by atoms with Crippen molar-refractivity contribution in [1.29, 1.82) is 0 Å². The van der Waals surface area contributed by atoms with Gasteiger partial charge in [-0.15, -0.1) is 0 Å². The van der Waals surface area contributed by atoms with Crippen LogP contribution in [0.4, 0.5) is 0 Å². The van der Waals surface area contributed by atoms with Crippen molar-refractivity contribution in [2.75, 3.05) is 0 Å². The summed E-state index contributed by atoms with van der Waals surface area (Å²) in [4.78, 5) is 19.7. The Morgan fingerprint density at radius 2 is 2.00 bits per heavy atom. The van der Waals surface area contributed by atoms with Crippen LogP contribution in [0.15, 0.2) is 12.2 Å². The molecule has 0 bridgehead atoms. The smallest absolute Gasteiger partial charge is 0.376 e. The Morgan fingerprint density at radius 1 is 1.50 bits per heavy atom. The predicted octanol–water partition coefficient (Wildman–Crippen LogP) is 0.216. The van der Waals surface area contributed by atoms with E-state index < -0.39 is 11.8 Å². The van der Waals surface area contributed by atoms with Crippen LogP contribution < -0.4 is 0 Å². The Bertz CT molecular complexity index is 135. The zero-order chi connectivity index (χ0) is 6.57. The van der Waals surface area contributed by atoms with Gasteiger partial charge in [-0.25, -0.2) is 4.79 Å². The number of ketones is 1. The fraction of sp³-hybridized carbons (Fsp3) is 0.200. The Balaban J connectivity index is 3.85. The molecule has 3 heteroatoms. The second-order valence-corrected chi connectivity index (χ2v) is 1.17. The summed E-state index contributed by atoms with van der Waals surface area (Å²) >= 11 is 0. The minimum absolute atomic E-state index is 0.882. The van der Waals surface area contributed by atoms with Crippen LogP contribution in [0, 0.1) is 0 Å². The highest BCUT2D eigenvalue weighted by Gasteiger charge is 2.03. The van der Waals surface area contributed by atoms with Crippen LogP contribution in [0.1, 0.15) is 6.92 Å². The maximum absolute atomic E-state index is 10.1. The van der Waals surface area contributed by atoms with Crippen molar-refractivity contribution in [3.8, 4) is 0 Å². The summed E-state index contributed by atoms with van der Waals surface area (Å²) in [6, 6.07) is 0. The molecule has 0 amide bonds. The molecule has 3 nitrogen and oxygen atoms in total. The molecule has 0 saturated carbocycles. The van der Waals surface area contributed by atoms with E-state index in [0.717, 1.165) is 6.08 Å². The first-order chi connectivity index (χ1) is 3.68. The third-order valence-electron chi connectivity index (χ3n) is 0.529. The molecule has 8 heavy (non-hydrogen) atoms. The van der Waals surface area contributed by atoms with Crippen molar-refractivity contribution in [3.63, 3.8) is 0 Å². The predicted molar refractivity (Wildman–Crippen MR) is 27.5 cm³/mol. The molecule has 44 valence electrons. The van der Waals surface area contributed by atoms with Crippen molar-refractivity contribution in [1.82, 2.24) is 0 Å². The summed E-state index contributed by atoms with van der Waals surface area (Å²) < 4.78 is 0. The van der Waals surface area contributed by atoms with Gasteiger partial charge in [0.25, 0.3) is 5.78 Å². The summed E-state index contributed by atoms with van der Waals surface area (Å²) in [6.07, 6.45) is 2.39. The number of rotatable bonds is 2. The Labute approximate surface area is 46.6 Å². The Morgan fingerprint density at radius 3 is 2.12 bits per heavy atom. The number of allylic oxidation sites excluding steroid dienone is 1. The molecule has 0 aromatic rings. The van der Waals surface area contributed by atoms with Crippen LogP contribution in [0.3, 0.4) is 0 Å². The quantitative estimate of drug-likeness (QED) is 0.412. The number of hydrogen-bond acceptors (Lipinski definition) is 2. The van der Waals surface area contributed by atoms with E-state index in [1.807, 2.05) is 0 Å². The third-order valence-corrected chi connectivity index (χ3v) is 0.529. The number of carboxylic acid groups (broad SMARTS) is 1. The topological polar surface area (TPSA) is 54.4 Å². The first kappa shape index (κ1) is 6.88. The fourth-order valence-corrected chi connectivity index (χ4v) is 0.223. The van der Waals surface area contributed by atoms with Gasteiger partial charge in [-0.05, 0) is 13.0 Å². The monoisotopic (exact) mass is 114 g/mol. The summed E-state index contributed by atoms with van der Waals surface area (Å²) in [5.41, 5.74) is 0. The lowest BCUT2D eigenvalue weighted by molar-refractivity contribution is -0.146. The maximum atomic E-state index is 10.1. The highest BCUT2D eigenvalue weighted by atomic mass is 16.4. The highest BCUT2D eigenvalue weighted by molar-refractivity contribution is 6.37. The summed E-state index contributed by atoms with van der Waals surface area (Å²) in [6.45, 7) is 1.58. The number of carbonyl (C=O) groups excluding carboxylic acids is 1. The van der Waals surface area contributed by atoms with E-state index in [1.54, 1.807) is 6.92 Å². The highest BCUT2D eigenvalue weighted by Crippen LogP contribution is 1.74. The third kappa shape index (κ3) is 2.12. The van der Waals surface area contributed by atoms with Gasteiger partial charge in [-0.2, -0.15) is 0 Å². The number of aliphatic carboxylic acids is 1. The number of carbonyl (C=O) groups is 2. The van der Waals surface area contributed by atoms with Gasteiger partial charge >= 0.3 is 5.97 Å². The molecule has 0 aliphatic heterocycles. The van der Waals surface area contributed by atoms with E-state index in [-0.39, 0.29) is 0 Å². The minimum atomic E-state index is -1.41. The van der Waals surface area contributed by atoms with Gasteiger partial charge in [0.15, 0.2) is 0 Å². The van der Waals surface area contributed by atoms with E-state index in [9.17, 15) is 9.59 Å².